The van der Waals surface area contributed by atoms with Crippen LogP contribution in [-0.4, -0.2) is 42.2 Å². The fourth-order valence-corrected chi connectivity index (χ4v) is 2.75. The first-order valence-corrected chi connectivity index (χ1v) is 6.70. The lowest BCUT2D eigenvalue weighted by Crippen LogP contribution is -2.55. The Balaban J connectivity index is 2.26. The van der Waals surface area contributed by atoms with E-state index < -0.39 is 0 Å². The Morgan fingerprint density at radius 1 is 1.22 bits per heavy atom. The van der Waals surface area contributed by atoms with E-state index in [2.05, 4.69) is 55.8 Å². The zero-order valence-corrected chi connectivity index (χ0v) is 11.8. The minimum absolute atomic E-state index is 0.117. The van der Waals surface area contributed by atoms with Gasteiger partial charge in [-0.05, 0) is 33.9 Å². The molecule has 1 aliphatic rings. The van der Waals surface area contributed by atoms with Crippen LogP contribution in [0.25, 0.3) is 0 Å². The van der Waals surface area contributed by atoms with E-state index in [-0.39, 0.29) is 6.61 Å². The summed E-state index contributed by atoms with van der Waals surface area (Å²) in [5.74, 6) is 0. The molecule has 0 radical (unpaired) electrons. The Labute approximate surface area is 110 Å². The van der Waals surface area contributed by atoms with Gasteiger partial charge in [0, 0.05) is 36.4 Å². The monoisotopic (exact) mass is 248 g/mol. The van der Waals surface area contributed by atoms with Gasteiger partial charge in [0.1, 0.15) is 0 Å². The van der Waals surface area contributed by atoms with E-state index in [1.165, 1.54) is 11.3 Å². The van der Waals surface area contributed by atoms with Gasteiger partial charge in [-0.3, -0.25) is 4.90 Å². The van der Waals surface area contributed by atoms with E-state index >= 15 is 0 Å². The van der Waals surface area contributed by atoms with E-state index in [1.807, 2.05) is 0 Å². The number of hydrogen-bond acceptors (Lipinski definition) is 3. The first-order chi connectivity index (χ1) is 8.52. The molecule has 2 atom stereocenters. The highest BCUT2D eigenvalue weighted by atomic mass is 16.3. The summed E-state index contributed by atoms with van der Waals surface area (Å²) in [5.41, 5.74) is 3.44. The van der Waals surface area contributed by atoms with Crippen molar-refractivity contribution in [2.24, 2.45) is 0 Å². The molecule has 2 unspecified atom stereocenters. The van der Waals surface area contributed by atoms with Crippen molar-refractivity contribution in [2.75, 3.05) is 25.0 Å². The Hall–Kier alpha value is -1.06. The number of aryl methyl sites for hydroxylation is 1. The number of aliphatic hydroxyl groups excluding tert-OH is 1. The van der Waals surface area contributed by atoms with Crippen molar-refractivity contribution >= 4 is 5.69 Å². The Morgan fingerprint density at radius 2 is 1.83 bits per heavy atom. The number of piperazine rings is 1. The molecule has 0 spiro atoms. The highest BCUT2D eigenvalue weighted by Crippen LogP contribution is 2.26. The molecule has 1 N–H and O–H groups in total. The minimum Gasteiger partial charge on any atom is -0.392 e. The van der Waals surface area contributed by atoms with E-state index in [9.17, 15) is 5.11 Å². The molecule has 0 aliphatic carbocycles. The summed E-state index contributed by atoms with van der Waals surface area (Å²) in [5, 5.41) is 9.52. The summed E-state index contributed by atoms with van der Waals surface area (Å²) < 4.78 is 0. The number of hydrogen-bond donors (Lipinski definition) is 1. The maximum absolute atomic E-state index is 9.52. The van der Waals surface area contributed by atoms with Gasteiger partial charge in [0.05, 0.1) is 6.61 Å². The molecule has 0 amide bonds. The summed E-state index contributed by atoms with van der Waals surface area (Å²) in [6.07, 6.45) is 0. The van der Waals surface area contributed by atoms with Crippen molar-refractivity contribution in [2.45, 2.75) is 39.5 Å². The zero-order valence-electron chi connectivity index (χ0n) is 11.8. The largest absolute Gasteiger partial charge is 0.392 e. The highest BCUT2D eigenvalue weighted by Gasteiger charge is 2.27. The number of rotatable bonds is 2. The number of likely N-dealkylation sites (N-methyl/N-ethyl adjacent to an activating group) is 1. The van der Waals surface area contributed by atoms with Gasteiger partial charge in [0.25, 0.3) is 0 Å². The fraction of sp³-hybridized carbons (Fsp3) is 0.600. The first-order valence-electron chi connectivity index (χ1n) is 6.70. The van der Waals surface area contributed by atoms with Crippen LogP contribution in [0, 0.1) is 6.92 Å². The van der Waals surface area contributed by atoms with Gasteiger partial charge in [-0.1, -0.05) is 17.7 Å². The lowest BCUT2D eigenvalue weighted by atomic mass is 10.0. The maximum Gasteiger partial charge on any atom is 0.0702 e. The quantitative estimate of drug-likeness (QED) is 0.867. The van der Waals surface area contributed by atoms with Crippen molar-refractivity contribution in [3.8, 4) is 0 Å². The lowest BCUT2D eigenvalue weighted by Gasteiger charge is -2.44. The average molecular weight is 248 g/mol. The third-order valence-corrected chi connectivity index (χ3v) is 4.11. The standard InChI is InChI=1S/C15H24N2O/c1-11-5-6-15(14(7-11)10-18)17-8-12(2)16(4)13(3)9-17/h5-7,12-13,18H,8-10H2,1-4H3. The molecule has 18 heavy (non-hydrogen) atoms. The second kappa shape index (κ2) is 5.29. The highest BCUT2D eigenvalue weighted by molar-refractivity contribution is 5.55. The number of benzene rings is 1. The molecule has 0 saturated carbocycles. The van der Waals surface area contributed by atoms with Crippen LogP contribution >= 0.6 is 0 Å². The van der Waals surface area contributed by atoms with E-state index in [0.717, 1.165) is 18.7 Å². The topological polar surface area (TPSA) is 26.7 Å². The first kappa shape index (κ1) is 13.4. The van der Waals surface area contributed by atoms with Crippen LogP contribution in [0.2, 0.25) is 0 Å². The second-order valence-electron chi connectivity index (χ2n) is 5.56. The van der Waals surface area contributed by atoms with Crippen LogP contribution in [-0.2, 0) is 6.61 Å². The molecule has 1 saturated heterocycles. The molecule has 1 heterocycles. The van der Waals surface area contributed by atoms with Crippen LogP contribution in [0.4, 0.5) is 5.69 Å². The van der Waals surface area contributed by atoms with E-state index in [1.54, 1.807) is 0 Å². The SMILES string of the molecule is Cc1ccc(N2CC(C)N(C)C(C)C2)c(CO)c1. The van der Waals surface area contributed by atoms with Crippen LogP contribution in [0.1, 0.15) is 25.0 Å². The third-order valence-electron chi connectivity index (χ3n) is 4.11. The average Bonchev–Trinajstić information content (AvgIpc) is 2.35. The van der Waals surface area contributed by atoms with Crippen LogP contribution in [0.5, 0.6) is 0 Å². The summed E-state index contributed by atoms with van der Waals surface area (Å²) >= 11 is 0. The molecule has 1 aromatic carbocycles. The predicted molar refractivity (Wildman–Crippen MR) is 76.0 cm³/mol. The Kier molecular flexibility index (Phi) is 3.93. The molecule has 3 heteroatoms. The van der Waals surface area contributed by atoms with Gasteiger partial charge < -0.3 is 10.0 Å². The summed E-state index contributed by atoms with van der Waals surface area (Å²) in [7, 11) is 2.19. The summed E-state index contributed by atoms with van der Waals surface area (Å²) in [6, 6.07) is 7.44. The third kappa shape index (κ3) is 2.52. The normalized spacial score (nSPS) is 25.5. The Bertz CT molecular complexity index is 407. The zero-order chi connectivity index (χ0) is 13.3. The van der Waals surface area contributed by atoms with Gasteiger partial charge >= 0.3 is 0 Å². The molecule has 1 aromatic rings. The van der Waals surface area contributed by atoms with Crippen molar-refractivity contribution in [3.05, 3.63) is 29.3 Å². The predicted octanol–water partition coefficient (Wildman–Crippen LogP) is 2.02. The van der Waals surface area contributed by atoms with Crippen LogP contribution in [0.3, 0.4) is 0 Å². The molecule has 1 fully saturated rings. The fourth-order valence-electron chi connectivity index (χ4n) is 2.75. The van der Waals surface area contributed by atoms with Crippen molar-refractivity contribution in [3.63, 3.8) is 0 Å². The van der Waals surface area contributed by atoms with Crippen LogP contribution < -0.4 is 4.90 Å². The van der Waals surface area contributed by atoms with Gasteiger partial charge in [-0.15, -0.1) is 0 Å². The van der Waals surface area contributed by atoms with Crippen molar-refractivity contribution in [1.82, 2.24) is 4.90 Å². The molecular formula is C15H24N2O. The van der Waals surface area contributed by atoms with Gasteiger partial charge in [-0.25, -0.2) is 0 Å². The molecule has 100 valence electrons. The van der Waals surface area contributed by atoms with Gasteiger partial charge in [-0.2, -0.15) is 0 Å². The number of nitrogens with zero attached hydrogens (tertiary/aromatic N) is 2. The molecule has 1 aliphatic heterocycles. The molecule has 3 nitrogen and oxygen atoms in total. The van der Waals surface area contributed by atoms with Gasteiger partial charge in [0.2, 0.25) is 0 Å². The molecular weight excluding hydrogens is 224 g/mol. The Morgan fingerprint density at radius 3 is 2.39 bits per heavy atom. The smallest absolute Gasteiger partial charge is 0.0702 e. The molecule has 0 bridgehead atoms. The van der Waals surface area contributed by atoms with E-state index in [4.69, 9.17) is 0 Å². The molecule has 2 rings (SSSR count). The number of anilines is 1. The maximum atomic E-state index is 9.52. The minimum atomic E-state index is 0.117. The van der Waals surface area contributed by atoms with Crippen molar-refractivity contribution in [1.29, 1.82) is 0 Å². The summed E-state index contributed by atoms with van der Waals surface area (Å²) in [4.78, 5) is 4.82. The molecule has 0 aromatic heterocycles. The van der Waals surface area contributed by atoms with Crippen molar-refractivity contribution < 1.29 is 5.11 Å². The lowest BCUT2D eigenvalue weighted by molar-refractivity contribution is 0.169. The summed E-state index contributed by atoms with van der Waals surface area (Å²) in [6.45, 7) is 8.75. The second-order valence-corrected chi connectivity index (χ2v) is 5.56. The van der Waals surface area contributed by atoms with Gasteiger partial charge in [0.15, 0.2) is 0 Å². The number of aliphatic hydroxyl groups is 1. The van der Waals surface area contributed by atoms with E-state index in [0.29, 0.717) is 12.1 Å². The van der Waals surface area contributed by atoms with Crippen LogP contribution in [0.15, 0.2) is 18.2 Å².